The Balaban J connectivity index is 1.10. The summed E-state index contributed by atoms with van der Waals surface area (Å²) in [5, 5.41) is 3.91. The number of hydrogen-bond acceptors (Lipinski definition) is 11. The van der Waals surface area contributed by atoms with E-state index in [0.29, 0.717) is 75.4 Å². The lowest BCUT2D eigenvalue weighted by Gasteiger charge is -2.41. The first-order chi connectivity index (χ1) is 26.3. The van der Waals surface area contributed by atoms with Crippen molar-refractivity contribution in [2.45, 2.75) is 87.8 Å². The Kier molecular flexibility index (Phi) is 9.05. The van der Waals surface area contributed by atoms with Crippen LogP contribution in [0, 0.1) is 12.7 Å². The van der Waals surface area contributed by atoms with Crippen molar-refractivity contribution in [3.8, 4) is 17.3 Å². The molecule has 3 aromatic rings. The van der Waals surface area contributed by atoms with Crippen molar-refractivity contribution in [2.75, 3.05) is 63.2 Å². The number of benzene rings is 1. The standard InChI is InChI=1S/C38H43ClF4N8O4/c1-19-14-37(8-7-22(51(37)15-19)17-54-36(52)49-9-11-53-12-10-49)18-55-35-47-33-27-23(4-6-25-24-5-3-21(45-24)16-50(25)34(27)48-35)30(39)28(31(33)40)32-29(38(41,42)43)20(2)13-26(44)46-32/h13,21-22,24-25,45H,1,3-12,14-18H2,2H3,(H2,44,46)/t21?,22-,24?,25?,37-/m0/s1. The highest BCUT2D eigenvalue weighted by Crippen LogP contribution is 2.50. The fourth-order valence-electron chi connectivity index (χ4n) is 10.0. The lowest BCUT2D eigenvalue weighted by Crippen LogP contribution is -2.58. The lowest BCUT2D eigenvalue weighted by atomic mass is 9.93. The summed E-state index contributed by atoms with van der Waals surface area (Å²) in [7, 11) is 0. The number of aryl methyl sites for hydroxylation is 2. The highest BCUT2D eigenvalue weighted by atomic mass is 35.5. The van der Waals surface area contributed by atoms with Crippen LogP contribution >= 0.6 is 11.6 Å². The van der Waals surface area contributed by atoms with Crippen LogP contribution in [0.4, 0.5) is 34.0 Å². The van der Waals surface area contributed by atoms with Crippen LogP contribution in [0.2, 0.25) is 5.02 Å². The van der Waals surface area contributed by atoms with E-state index >= 15 is 4.39 Å². The number of halogens is 5. The number of carbonyl (C=O) groups excluding carboxylic acids is 1. The van der Waals surface area contributed by atoms with Gasteiger partial charge in [0.15, 0.2) is 5.82 Å². The van der Waals surface area contributed by atoms with E-state index in [9.17, 15) is 18.0 Å². The monoisotopic (exact) mass is 786 g/mol. The largest absolute Gasteiger partial charge is 0.461 e. The minimum atomic E-state index is -4.87. The number of carbonyl (C=O) groups is 1. The molecule has 1 aromatic carbocycles. The van der Waals surface area contributed by atoms with Gasteiger partial charge < -0.3 is 35.1 Å². The quantitative estimate of drug-likeness (QED) is 0.237. The molecule has 9 rings (SSSR count). The van der Waals surface area contributed by atoms with Crippen LogP contribution in [0.5, 0.6) is 6.01 Å². The number of aromatic nitrogens is 3. The number of nitrogens with two attached hydrogens (primary N) is 1. The van der Waals surface area contributed by atoms with Gasteiger partial charge in [-0.25, -0.2) is 14.2 Å². The van der Waals surface area contributed by atoms with Crippen LogP contribution in [-0.4, -0.2) is 113 Å². The minimum absolute atomic E-state index is 0.0128. The van der Waals surface area contributed by atoms with Crippen molar-refractivity contribution in [3.05, 3.63) is 45.7 Å². The SMILES string of the molecule is C=C1CN2[C@H](COC(=O)N3CCOCC3)CC[C@@]2(COc2nc3c4c(c(Cl)c(-c5nc(N)cc(C)c5C(F)(F)F)c(F)c4n2)CCC2C4CCC(CN32)N4)C1. The molecule has 0 aliphatic carbocycles. The number of alkyl halides is 3. The Morgan fingerprint density at radius 2 is 1.98 bits per heavy atom. The second kappa shape index (κ2) is 13.6. The number of anilines is 2. The van der Waals surface area contributed by atoms with E-state index < -0.39 is 34.4 Å². The number of nitrogens with zero attached hydrogens (tertiary/aromatic N) is 6. The summed E-state index contributed by atoms with van der Waals surface area (Å²) in [5.74, 6) is -0.782. The summed E-state index contributed by atoms with van der Waals surface area (Å²) >= 11 is 7.01. The summed E-state index contributed by atoms with van der Waals surface area (Å²) in [6, 6.07) is 1.31. The van der Waals surface area contributed by atoms with Gasteiger partial charge in [0, 0.05) is 50.3 Å². The zero-order valence-electron chi connectivity index (χ0n) is 30.5. The molecule has 1 amide bonds. The van der Waals surface area contributed by atoms with E-state index in [0.717, 1.165) is 37.3 Å². The Hall–Kier alpha value is -3.99. The third kappa shape index (κ3) is 6.23. The second-order valence-electron chi connectivity index (χ2n) is 15.9. The van der Waals surface area contributed by atoms with Crippen LogP contribution in [0.1, 0.15) is 55.2 Å². The summed E-state index contributed by atoms with van der Waals surface area (Å²) < 4.78 is 78.7. The van der Waals surface area contributed by atoms with Gasteiger partial charge in [-0.2, -0.15) is 23.1 Å². The first kappa shape index (κ1) is 36.6. The maximum Gasteiger partial charge on any atom is 0.418 e. The zero-order chi connectivity index (χ0) is 38.4. The molecule has 0 saturated carbocycles. The average Bonchev–Trinajstić information content (AvgIpc) is 3.76. The highest BCUT2D eigenvalue weighted by Gasteiger charge is 2.52. The van der Waals surface area contributed by atoms with Gasteiger partial charge in [0.1, 0.15) is 30.4 Å². The average molecular weight is 787 g/mol. The number of fused-ring (bicyclic) bond motifs is 6. The number of rotatable bonds is 6. The second-order valence-corrected chi connectivity index (χ2v) is 16.2. The van der Waals surface area contributed by atoms with E-state index in [1.165, 1.54) is 6.92 Å². The molecule has 8 heterocycles. The van der Waals surface area contributed by atoms with Crippen LogP contribution < -0.4 is 20.7 Å². The van der Waals surface area contributed by atoms with Gasteiger partial charge in [-0.15, -0.1) is 0 Å². The number of pyridine rings is 1. The molecule has 0 spiro atoms. The van der Waals surface area contributed by atoms with Crippen molar-refractivity contribution >= 4 is 40.2 Å². The minimum Gasteiger partial charge on any atom is -0.461 e. The Labute approximate surface area is 320 Å². The fourth-order valence-corrected chi connectivity index (χ4v) is 10.4. The Morgan fingerprint density at radius 1 is 1.18 bits per heavy atom. The van der Waals surface area contributed by atoms with E-state index in [1.807, 2.05) is 0 Å². The van der Waals surface area contributed by atoms with Gasteiger partial charge in [0.2, 0.25) is 0 Å². The smallest absolute Gasteiger partial charge is 0.418 e. The number of nitrogen functional groups attached to an aromatic ring is 1. The lowest BCUT2D eigenvalue weighted by molar-refractivity contribution is -0.137. The number of amides is 1. The van der Waals surface area contributed by atoms with E-state index in [2.05, 4.69) is 31.7 Å². The van der Waals surface area contributed by atoms with Gasteiger partial charge in [-0.3, -0.25) is 4.90 Å². The van der Waals surface area contributed by atoms with Crippen LogP contribution in [0.15, 0.2) is 18.2 Å². The molecule has 3 unspecified atom stereocenters. The summed E-state index contributed by atoms with van der Waals surface area (Å²) in [6.45, 7) is 9.03. The van der Waals surface area contributed by atoms with Gasteiger partial charge >= 0.3 is 18.3 Å². The molecule has 2 bridgehead atoms. The molecule has 0 radical (unpaired) electrons. The third-order valence-electron chi connectivity index (χ3n) is 12.5. The van der Waals surface area contributed by atoms with Gasteiger partial charge in [-0.05, 0) is 69.1 Å². The van der Waals surface area contributed by atoms with Crippen molar-refractivity contribution in [2.24, 2.45) is 0 Å². The maximum absolute atomic E-state index is 17.2. The number of hydrogen-bond donors (Lipinski definition) is 2. The first-order valence-electron chi connectivity index (χ1n) is 19.0. The molecule has 17 heteroatoms. The molecule has 6 aliphatic heterocycles. The van der Waals surface area contributed by atoms with Crippen LogP contribution in [0.3, 0.4) is 0 Å². The molecule has 5 fully saturated rings. The number of ether oxygens (including phenoxy) is 3. The Bertz CT molecular complexity index is 2080. The van der Waals surface area contributed by atoms with E-state index in [-0.39, 0.29) is 71.4 Å². The van der Waals surface area contributed by atoms with Gasteiger partial charge in [0.05, 0.1) is 46.0 Å². The molecule has 294 valence electrons. The van der Waals surface area contributed by atoms with Crippen molar-refractivity contribution in [1.29, 1.82) is 0 Å². The van der Waals surface area contributed by atoms with Crippen molar-refractivity contribution < 1.29 is 36.6 Å². The molecule has 6 aliphatic rings. The normalized spacial score (nSPS) is 27.7. The summed E-state index contributed by atoms with van der Waals surface area (Å²) in [6.07, 6.45) is -0.175. The van der Waals surface area contributed by atoms with E-state index in [4.69, 9.17) is 36.5 Å². The molecule has 12 nitrogen and oxygen atoms in total. The Morgan fingerprint density at radius 3 is 2.76 bits per heavy atom. The van der Waals surface area contributed by atoms with Crippen LogP contribution in [-0.2, 0) is 22.1 Å². The zero-order valence-corrected chi connectivity index (χ0v) is 31.2. The summed E-state index contributed by atoms with van der Waals surface area (Å²) in [4.78, 5) is 32.5. The first-order valence-corrected chi connectivity index (χ1v) is 19.3. The van der Waals surface area contributed by atoms with Crippen molar-refractivity contribution in [3.63, 3.8) is 0 Å². The van der Waals surface area contributed by atoms with E-state index in [1.54, 1.807) is 4.90 Å². The third-order valence-corrected chi connectivity index (χ3v) is 12.9. The molecular formula is C38H43ClF4N8O4. The number of morpholine rings is 1. The summed E-state index contributed by atoms with van der Waals surface area (Å²) in [5.41, 5.74) is 4.30. The fraction of sp³-hybridized carbons (Fsp3) is 0.579. The van der Waals surface area contributed by atoms with Crippen molar-refractivity contribution in [1.82, 2.24) is 30.1 Å². The molecule has 5 atom stereocenters. The highest BCUT2D eigenvalue weighted by molar-refractivity contribution is 6.35. The maximum atomic E-state index is 17.2. The van der Waals surface area contributed by atoms with Crippen LogP contribution in [0.25, 0.3) is 22.2 Å². The number of nitrogens with one attached hydrogen (secondary N) is 1. The van der Waals surface area contributed by atoms with Gasteiger partial charge in [0.25, 0.3) is 0 Å². The number of piperazine rings is 1. The van der Waals surface area contributed by atoms with Gasteiger partial charge in [-0.1, -0.05) is 23.8 Å². The molecule has 5 saturated heterocycles. The molecule has 3 N–H and O–H groups in total. The molecule has 55 heavy (non-hydrogen) atoms. The molecule has 2 aromatic heterocycles. The predicted molar refractivity (Wildman–Crippen MR) is 197 cm³/mol. The topological polar surface area (TPSA) is 131 Å². The molecular weight excluding hydrogens is 744 g/mol. The predicted octanol–water partition coefficient (Wildman–Crippen LogP) is 5.66.